The molecule has 0 radical (unpaired) electrons. The van der Waals surface area contributed by atoms with Gasteiger partial charge in [0.2, 0.25) is 0 Å². The van der Waals surface area contributed by atoms with Gasteiger partial charge in [0.05, 0.1) is 18.8 Å². The molecule has 28 heavy (non-hydrogen) atoms. The number of anilines is 1. The third-order valence-corrected chi connectivity index (χ3v) is 4.44. The Morgan fingerprint density at radius 3 is 2.43 bits per heavy atom. The van der Waals surface area contributed by atoms with Crippen LogP contribution in [0.25, 0.3) is 0 Å². The van der Waals surface area contributed by atoms with Crippen molar-refractivity contribution in [2.75, 3.05) is 5.32 Å². The summed E-state index contributed by atoms with van der Waals surface area (Å²) in [6.45, 7) is 3.20. The van der Waals surface area contributed by atoms with Crippen LogP contribution < -0.4 is 5.32 Å². The summed E-state index contributed by atoms with van der Waals surface area (Å²) in [6.07, 6.45) is 3.67. The first kappa shape index (κ1) is 17.7. The second-order valence-electron chi connectivity index (χ2n) is 6.67. The topological polar surface area (TPSA) is 64.7 Å². The number of carbonyl (C=O) groups excluding carboxylic acids is 1. The first-order valence-electron chi connectivity index (χ1n) is 9.13. The predicted molar refractivity (Wildman–Crippen MR) is 108 cm³/mol. The zero-order chi connectivity index (χ0) is 19.3. The standard InChI is InChI=1S/C22H21N5O/c1-17-14-21(27(25-17)16-18-6-3-2-4-7-18)24-22(28)20-10-8-19(9-11-20)15-26-13-5-12-23-26/h2-14H,15-16H2,1H3,(H,24,28). The zero-order valence-corrected chi connectivity index (χ0v) is 15.6. The van der Waals surface area contributed by atoms with E-state index in [-0.39, 0.29) is 5.91 Å². The van der Waals surface area contributed by atoms with Gasteiger partial charge in [-0.2, -0.15) is 10.2 Å². The van der Waals surface area contributed by atoms with E-state index in [1.54, 1.807) is 6.20 Å². The van der Waals surface area contributed by atoms with Crippen LogP contribution in [0.5, 0.6) is 0 Å². The van der Waals surface area contributed by atoms with Gasteiger partial charge in [-0.15, -0.1) is 0 Å². The lowest BCUT2D eigenvalue weighted by molar-refractivity contribution is 0.102. The highest BCUT2D eigenvalue weighted by molar-refractivity contribution is 6.03. The molecule has 0 saturated heterocycles. The fourth-order valence-corrected chi connectivity index (χ4v) is 3.05. The molecular weight excluding hydrogens is 350 g/mol. The summed E-state index contributed by atoms with van der Waals surface area (Å²) in [5.41, 5.74) is 3.68. The fraction of sp³-hybridized carbons (Fsp3) is 0.136. The van der Waals surface area contributed by atoms with Gasteiger partial charge in [0.15, 0.2) is 0 Å². The van der Waals surface area contributed by atoms with E-state index in [4.69, 9.17) is 0 Å². The van der Waals surface area contributed by atoms with Crippen LogP contribution >= 0.6 is 0 Å². The number of rotatable bonds is 6. The first-order valence-corrected chi connectivity index (χ1v) is 9.13. The Labute approximate surface area is 163 Å². The average Bonchev–Trinajstić information content (AvgIpc) is 3.33. The molecule has 1 N–H and O–H groups in total. The number of benzene rings is 2. The molecule has 0 fully saturated rings. The van der Waals surface area contributed by atoms with E-state index in [9.17, 15) is 4.79 Å². The van der Waals surface area contributed by atoms with Crippen molar-refractivity contribution in [2.45, 2.75) is 20.0 Å². The van der Waals surface area contributed by atoms with Gasteiger partial charge < -0.3 is 5.32 Å². The summed E-state index contributed by atoms with van der Waals surface area (Å²) >= 11 is 0. The molecular formula is C22H21N5O. The molecule has 0 unspecified atom stereocenters. The number of nitrogens with zero attached hydrogens (tertiary/aromatic N) is 4. The minimum absolute atomic E-state index is 0.153. The molecule has 1 amide bonds. The average molecular weight is 371 g/mol. The Bertz CT molecular complexity index is 1050. The van der Waals surface area contributed by atoms with Gasteiger partial charge in [0.25, 0.3) is 5.91 Å². The van der Waals surface area contributed by atoms with Crippen LogP contribution in [0.4, 0.5) is 5.82 Å². The summed E-state index contributed by atoms with van der Waals surface area (Å²) in [7, 11) is 0. The van der Waals surface area contributed by atoms with Crippen molar-refractivity contribution in [3.05, 3.63) is 102 Å². The third-order valence-electron chi connectivity index (χ3n) is 4.44. The molecule has 2 aromatic heterocycles. The smallest absolute Gasteiger partial charge is 0.256 e. The fourth-order valence-electron chi connectivity index (χ4n) is 3.05. The summed E-state index contributed by atoms with van der Waals surface area (Å²) in [5, 5.41) is 11.7. The Kier molecular flexibility index (Phi) is 5.01. The molecule has 0 aliphatic rings. The summed E-state index contributed by atoms with van der Waals surface area (Å²) in [5.74, 6) is 0.534. The molecule has 2 aromatic carbocycles. The number of aromatic nitrogens is 4. The predicted octanol–water partition coefficient (Wildman–Crippen LogP) is 3.74. The lowest BCUT2D eigenvalue weighted by Crippen LogP contribution is -2.16. The first-order chi connectivity index (χ1) is 13.7. The number of hydrogen-bond acceptors (Lipinski definition) is 3. The van der Waals surface area contributed by atoms with E-state index in [1.165, 1.54) is 0 Å². The summed E-state index contributed by atoms with van der Waals surface area (Å²) in [6, 6.07) is 21.4. The van der Waals surface area contributed by atoms with Crippen molar-refractivity contribution in [3.63, 3.8) is 0 Å². The Balaban J connectivity index is 1.46. The second-order valence-corrected chi connectivity index (χ2v) is 6.67. The van der Waals surface area contributed by atoms with Crippen LogP contribution in [0.2, 0.25) is 0 Å². The minimum Gasteiger partial charge on any atom is -0.307 e. The van der Waals surface area contributed by atoms with E-state index in [0.29, 0.717) is 24.5 Å². The molecule has 0 saturated carbocycles. The molecule has 6 nitrogen and oxygen atoms in total. The van der Waals surface area contributed by atoms with Crippen LogP contribution in [0.15, 0.2) is 79.1 Å². The quantitative estimate of drug-likeness (QED) is 0.562. The van der Waals surface area contributed by atoms with Gasteiger partial charge in [0.1, 0.15) is 5.82 Å². The number of hydrogen-bond donors (Lipinski definition) is 1. The van der Waals surface area contributed by atoms with Crippen molar-refractivity contribution >= 4 is 11.7 Å². The van der Waals surface area contributed by atoms with Crippen LogP contribution in [0.1, 0.15) is 27.2 Å². The van der Waals surface area contributed by atoms with Crippen LogP contribution in [0.3, 0.4) is 0 Å². The zero-order valence-electron chi connectivity index (χ0n) is 15.6. The Hall–Kier alpha value is -3.67. The Morgan fingerprint density at radius 2 is 1.71 bits per heavy atom. The third kappa shape index (κ3) is 4.17. The van der Waals surface area contributed by atoms with E-state index < -0.39 is 0 Å². The van der Waals surface area contributed by atoms with E-state index in [2.05, 4.69) is 15.5 Å². The Morgan fingerprint density at radius 1 is 0.964 bits per heavy atom. The largest absolute Gasteiger partial charge is 0.307 e. The molecule has 2 heterocycles. The molecule has 4 aromatic rings. The van der Waals surface area contributed by atoms with Gasteiger partial charge in [-0.05, 0) is 36.2 Å². The molecule has 0 spiro atoms. The maximum absolute atomic E-state index is 12.7. The molecule has 0 aliphatic carbocycles. The van der Waals surface area contributed by atoms with E-state index >= 15 is 0 Å². The molecule has 0 aliphatic heterocycles. The molecule has 0 atom stereocenters. The summed E-state index contributed by atoms with van der Waals surface area (Å²) < 4.78 is 3.66. The van der Waals surface area contributed by atoms with Gasteiger partial charge in [-0.3, -0.25) is 9.48 Å². The second kappa shape index (κ2) is 7.92. The number of amides is 1. The maximum Gasteiger partial charge on any atom is 0.256 e. The summed E-state index contributed by atoms with van der Waals surface area (Å²) in [4.78, 5) is 12.7. The normalized spacial score (nSPS) is 10.8. The molecule has 6 heteroatoms. The van der Waals surface area contributed by atoms with Gasteiger partial charge in [0, 0.05) is 24.0 Å². The van der Waals surface area contributed by atoms with Crippen LogP contribution in [0, 0.1) is 6.92 Å². The number of carbonyl (C=O) groups is 1. The maximum atomic E-state index is 12.7. The highest BCUT2D eigenvalue weighted by Crippen LogP contribution is 2.15. The number of aryl methyl sites for hydroxylation is 1. The highest BCUT2D eigenvalue weighted by Gasteiger charge is 2.12. The van der Waals surface area contributed by atoms with Crippen molar-refractivity contribution in [1.29, 1.82) is 0 Å². The van der Waals surface area contributed by atoms with Crippen molar-refractivity contribution < 1.29 is 4.79 Å². The van der Waals surface area contributed by atoms with E-state index in [0.717, 1.165) is 16.8 Å². The number of nitrogens with one attached hydrogen (secondary N) is 1. The van der Waals surface area contributed by atoms with E-state index in [1.807, 2.05) is 89.2 Å². The van der Waals surface area contributed by atoms with Gasteiger partial charge in [-0.25, -0.2) is 4.68 Å². The van der Waals surface area contributed by atoms with Crippen LogP contribution in [-0.2, 0) is 13.1 Å². The monoisotopic (exact) mass is 371 g/mol. The molecule has 4 rings (SSSR count). The van der Waals surface area contributed by atoms with Crippen LogP contribution in [-0.4, -0.2) is 25.5 Å². The van der Waals surface area contributed by atoms with Gasteiger partial charge >= 0.3 is 0 Å². The van der Waals surface area contributed by atoms with Crippen molar-refractivity contribution in [2.24, 2.45) is 0 Å². The lowest BCUT2D eigenvalue weighted by atomic mass is 10.1. The highest BCUT2D eigenvalue weighted by atomic mass is 16.1. The SMILES string of the molecule is Cc1cc(NC(=O)c2ccc(Cn3cccn3)cc2)n(Cc2ccccc2)n1. The molecule has 0 bridgehead atoms. The minimum atomic E-state index is -0.153. The lowest BCUT2D eigenvalue weighted by Gasteiger charge is -2.10. The van der Waals surface area contributed by atoms with Crippen molar-refractivity contribution in [1.82, 2.24) is 19.6 Å². The van der Waals surface area contributed by atoms with Gasteiger partial charge in [-0.1, -0.05) is 42.5 Å². The molecule has 140 valence electrons. The van der Waals surface area contributed by atoms with Crippen molar-refractivity contribution in [3.8, 4) is 0 Å².